The number of likely N-dealkylation sites (N-methyl/N-ethyl adjacent to an activating group) is 1. The third-order valence-corrected chi connectivity index (χ3v) is 5.28. The topological polar surface area (TPSA) is 35.6 Å². The number of hydrogen-bond acceptors (Lipinski definition) is 3. The molecule has 0 aromatic rings. The zero-order valence-electron chi connectivity index (χ0n) is 12.3. The summed E-state index contributed by atoms with van der Waals surface area (Å²) < 4.78 is 0. The Labute approximate surface area is 116 Å². The summed E-state index contributed by atoms with van der Waals surface area (Å²) in [6.45, 7) is 1.88. The SMILES string of the molecule is CN(C)C1(CN2CCC(NC3CC3)C2=O)CCCC1. The van der Waals surface area contributed by atoms with E-state index in [-0.39, 0.29) is 11.6 Å². The summed E-state index contributed by atoms with van der Waals surface area (Å²) in [5.74, 6) is 0.347. The lowest BCUT2D eigenvalue weighted by molar-refractivity contribution is -0.131. The molecule has 3 aliphatic rings. The minimum atomic E-state index is 0.105. The number of nitrogens with zero attached hydrogens (tertiary/aromatic N) is 2. The highest BCUT2D eigenvalue weighted by atomic mass is 16.2. The van der Waals surface area contributed by atoms with Crippen molar-refractivity contribution in [1.82, 2.24) is 15.1 Å². The fourth-order valence-electron chi connectivity index (χ4n) is 3.72. The van der Waals surface area contributed by atoms with Crippen molar-refractivity contribution in [2.45, 2.75) is 62.6 Å². The minimum absolute atomic E-state index is 0.105. The van der Waals surface area contributed by atoms with E-state index < -0.39 is 0 Å². The van der Waals surface area contributed by atoms with Gasteiger partial charge < -0.3 is 15.1 Å². The molecule has 0 radical (unpaired) electrons. The molecule has 1 atom stereocenters. The van der Waals surface area contributed by atoms with Crippen molar-refractivity contribution < 1.29 is 4.79 Å². The van der Waals surface area contributed by atoms with Crippen LogP contribution in [0.5, 0.6) is 0 Å². The van der Waals surface area contributed by atoms with Gasteiger partial charge in [-0.05, 0) is 46.2 Å². The molecule has 2 aliphatic carbocycles. The van der Waals surface area contributed by atoms with Crippen molar-refractivity contribution in [1.29, 1.82) is 0 Å². The van der Waals surface area contributed by atoms with Gasteiger partial charge >= 0.3 is 0 Å². The zero-order chi connectivity index (χ0) is 13.5. The van der Waals surface area contributed by atoms with Crippen molar-refractivity contribution in [3.8, 4) is 0 Å². The average molecular weight is 265 g/mol. The molecule has 108 valence electrons. The van der Waals surface area contributed by atoms with E-state index in [1.54, 1.807) is 0 Å². The number of rotatable bonds is 5. The molecule has 19 heavy (non-hydrogen) atoms. The van der Waals surface area contributed by atoms with E-state index in [1.165, 1.54) is 38.5 Å². The van der Waals surface area contributed by atoms with Gasteiger partial charge in [0.15, 0.2) is 0 Å². The summed E-state index contributed by atoms with van der Waals surface area (Å²) in [5.41, 5.74) is 0.240. The summed E-state index contributed by atoms with van der Waals surface area (Å²) in [5, 5.41) is 3.49. The second-order valence-corrected chi connectivity index (χ2v) is 6.87. The summed E-state index contributed by atoms with van der Waals surface area (Å²) >= 11 is 0. The minimum Gasteiger partial charge on any atom is -0.339 e. The molecule has 1 unspecified atom stereocenters. The standard InChI is InChI=1S/C15H27N3O/c1-17(2)15(8-3-4-9-15)11-18-10-7-13(14(18)19)16-12-5-6-12/h12-13,16H,3-11H2,1-2H3. The van der Waals surface area contributed by atoms with Gasteiger partial charge in [0.25, 0.3) is 0 Å². The molecule has 1 saturated heterocycles. The summed E-state index contributed by atoms with van der Waals surface area (Å²) in [6, 6.07) is 0.733. The number of carbonyl (C=O) groups excluding carboxylic acids is 1. The van der Waals surface area contributed by atoms with Gasteiger partial charge in [-0.1, -0.05) is 12.8 Å². The Kier molecular flexibility index (Phi) is 3.56. The summed E-state index contributed by atoms with van der Waals surface area (Å²) in [6.07, 6.45) is 8.61. The van der Waals surface area contributed by atoms with Crippen molar-refractivity contribution in [3.05, 3.63) is 0 Å². The van der Waals surface area contributed by atoms with E-state index in [4.69, 9.17) is 0 Å². The molecule has 0 aromatic heterocycles. The Morgan fingerprint density at radius 1 is 1.26 bits per heavy atom. The van der Waals surface area contributed by atoms with Gasteiger partial charge in [-0.2, -0.15) is 0 Å². The van der Waals surface area contributed by atoms with E-state index in [0.29, 0.717) is 11.9 Å². The average Bonchev–Trinajstić information content (AvgIpc) is 2.96. The lowest BCUT2D eigenvalue weighted by atomic mass is 9.95. The first-order valence-corrected chi connectivity index (χ1v) is 7.83. The van der Waals surface area contributed by atoms with Gasteiger partial charge in [0, 0.05) is 24.7 Å². The highest BCUT2D eigenvalue weighted by Gasteiger charge is 2.42. The van der Waals surface area contributed by atoms with Crippen LogP contribution in [0.4, 0.5) is 0 Å². The quantitative estimate of drug-likeness (QED) is 0.812. The van der Waals surface area contributed by atoms with Crippen LogP contribution in [0, 0.1) is 0 Å². The molecular formula is C15H27N3O. The Morgan fingerprint density at radius 3 is 2.53 bits per heavy atom. The number of likely N-dealkylation sites (tertiary alicyclic amines) is 1. The van der Waals surface area contributed by atoms with Gasteiger partial charge in [-0.25, -0.2) is 0 Å². The molecule has 4 nitrogen and oxygen atoms in total. The van der Waals surface area contributed by atoms with E-state index >= 15 is 0 Å². The van der Waals surface area contributed by atoms with Crippen molar-refractivity contribution in [3.63, 3.8) is 0 Å². The molecule has 1 heterocycles. The number of hydrogen-bond donors (Lipinski definition) is 1. The molecule has 0 spiro atoms. The van der Waals surface area contributed by atoms with Crippen LogP contribution in [0.2, 0.25) is 0 Å². The molecule has 4 heteroatoms. The van der Waals surface area contributed by atoms with Crippen LogP contribution in [0.1, 0.15) is 44.9 Å². The Bertz CT molecular complexity index is 345. The van der Waals surface area contributed by atoms with Crippen molar-refractivity contribution in [2.75, 3.05) is 27.2 Å². The van der Waals surface area contributed by atoms with Crippen LogP contribution in [-0.2, 0) is 4.79 Å². The smallest absolute Gasteiger partial charge is 0.239 e. The summed E-state index contributed by atoms with van der Waals surface area (Å²) in [4.78, 5) is 16.9. The van der Waals surface area contributed by atoms with Crippen LogP contribution < -0.4 is 5.32 Å². The number of nitrogens with one attached hydrogen (secondary N) is 1. The van der Waals surface area contributed by atoms with Crippen LogP contribution in [0.3, 0.4) is 0 Å². The van der Waals surface area contributed by atoms with Crippen LogP contribution in [0.25, 0.3) is 0 Å². The lowest BCUT2D eigenvalue weighted by Crippen LogP contribution is -2.52. The maximum Gasteiger partial charge on any atom is 0.239 e. The van der Waals surface area contributed by atoms with Crippen molar-refractivity contribution in [2.24, 2.45) is 0 Å². The van der Waals surface area contributed by atoms with E-state index in [1.807, 2.05) is 0 Å². The van der Waals surface area contributed by atoms with Gasteiger partial charge in [-0.15, -0.1) is 0 Å². The molecule has 2 saturated carbocycles. The third-order valence-electron chi connectivity index (χ3n) is 5.28. The highest BCUT2D eigenvalue weighted by Crippen LogP contribution is 2.35. The molecule has 1 aliphatic heterocycles. The lowest BCUT2D eigenvalue weighted by Gasteiger charge is -2.39. The third kappa shape index (κ3) is 2.65. The maximum absolute atomic E-state index is 12.5. The van der Waals surface area contributed by atoms with Crippen LogP contribution >= 0.6 is 0 Å². The molecular weight excluding hydrogens is 238 g/mol. The van der Waals surface area contributed by atoms with E-state index in [0.717, 1.165) is 19.5 Å². The molecule has 1 amide bonds. The van der Waals surface area contributed by atoms with Crippen LogP contribution in [0.15, 0.2) is 0 Å². The van der Waals surface area contributed by atoms with Crippen molar-refractivity contribution >= 4 is 5.91 Å². The maximum atomic E-state index is 12.5. The Morgan fingerprint density at radius 2 is 1.95 bits per heavy atom. The second-order valence-electron chi connectivity index (χ2n) is 6.87. The van der Waals surface area contributed by atoms with E-state index in [9.17, 15) is 4.79 Å². The molecule has 0 bridgehead atoms. The number of amides is 1. The second kappa shape index (κ2) is 5.06. The zero-order valence-corrected chi connectivity index (χ0v) is 12.3. The first-order valence-electron chi connectivity index (χ1n) is 7.83. The fraction of sp³-hybridized carbons (Fsp3) is 0.933. The molecule has 1 N–H and O–H groups in total. The van der Waals surface area contributed by atoms with Gasteiger partial charge in [0.05, 0.1) is 6.04 Å². The summed E-state index contributed by atoms with van der Waals surface area (Å²) in [7, 11) is 4.34. The van der Waals surface area contributed by atoms with Crippen LogP contribution in [-0.4, -0.2) is 60.5 Å². The molecule has 3 rings (SSSR count). The predicted molar refractivity (Wildman–Crippen MR) is 76.0 cm³/mol. The largest absolute Gasteiger partial charge is 0.339 e. The fourth-order valence-corrected chi connectivity index (χ4v) is 3.72. The van der Waals surface area contributed by atoms with Gasteiger partial charge in [0.2, 0.25) is 5.91 Å². The predicted octanol–water partition coefficient (Wildman–Crippen LogP) is 1.21. The van der Waals surface area contributed by atoms with Gasteiger partial charge in [-0.3, -0.25) is 4.79 Å². The Hall–Kier alpha value is -0.610. The first-order chi connectivity index (χ1) is 9.11. The first kappa shape index (κ1) is 13.4. The highest BCUT2D eigenvalue weighted by molar-refractivity contribution is 5.84. The molecule has 3 fully saturated rings. The Balaban J connectivity index is 1.61. The number of carbonyl (C=O) groups is 1. The van der Waals surface area contributed by atoms with E-state index in [2.05, 4.69) is 29.2 Å². The molecule has 0 aromatic carbocycles. The monoisotopic (exact) mass is 265 g/mol. The normalized spacial score (nSPS) is 30.6. The van der Waals surface area contributed by atoms with Gasteiger partial charge in [0.1, 0.15) is 0 Å².